The average molecular weight is 391 g/mol. The first-order valence-electron chi connectivity index (χ1n) is 5.77. The Kier molecular flexibility index (Phi) is 4.92. The van der Waals surface area contributed by atoms with Gasteiger partial charge in [-0.2, -0.15) is 0 Å². The quantitative estimate of drug-likeness (QED) is 0.790. The van der Waals surface area contributed by atoms with E-state index in [9.17, 15) is 9.59 Å². The molecule has 0 aliphatic rings. The molecule has 0 atom stereocenters. The minimum Gasteiger partial charge on any atom is -0.397 e. The third-order valence-electron chi connectivity index (χ3n) is 2.61. The normalized spacial score (nSPS) is 10.4. The van der Waals surface area contributed by atoms with Gasteiger partial charge in [0.2, 0.25) is 5.91 Å². The van der Waals surface area contributed by atoms with Crippen LogP contribution in [0, 0.1) is 0 Å². The van der Waals surface area contributed by atoms with Crippen molar-refractivity contribution in [2.24, 2.45) is 0 Å². The number of nitrogens with one attached hydrogen (secondary N) is 1. The van der Waals surface area contributed by atoms with Gasteiger partial charge < -0.3 is 15.6 Å². The Morgan fingerprint density at radius 1 is 1.33 bits per heavy atom. The molecule has 0 aliphatic heterocycles. The standard InChI is InChI=1S/C13H10BrCl2N3O2/c14-7-1-2-12(21)19(5-7)6-11(20)18-13-9(16)3-8(15)4-10(13)17/h1-5H,6,17H2,(H,18,20). The Morgan fingerprint density at radius 2 is 2.05 bits per heavy atom. The van der Waals surface area contributed by atoms with E-state index < -0.39 is 5.91 Å². The molecule has 0 radical (unpaired) electrons. The van der Waals surface area contributed by atoms with Gasteiger partial charge in [0.1, 0.15) is 6.54 Å². The van der Waals surface area contributed by atoms with Crippen LogP contribution in [0.2, 0.25) is 10.0 Å². The second kappa shape index (κ2) is 6.51. The van der Waals surface area contributed by atoms with Crippen molar-refractivity contribution >= 4 is 56.4 Å². The fourth-order valence-electron chi connectivity index (χ4n) is 1.68. The number of aromatic nitrogens is 1. The minimum atomic E-state index is -0.425. The summed E-state index contributed by atoms with van der Waals surface area (Å²) in [6.45, 7) is -0.156. The molecule has 0 saturated carbocycles. The third kappa shape index (κ3) is 4.00. The van der Waals surface area contributed by atoms with Crippen molar-refractivity contribution in [3.05, 3.63) is 55.3 Å². The lowest BCUT2D eigenvalue weighted by molar-refractivity contribution is -0.116. The number of anilines is 2. The van der Waals surface area contributed by atoms with Crippen molar-refractivity contribution in [2.75, 3.05) is 11.1 Å². The predicted molar refractivity (Wildman–Crippen MR) is 87.9 cm³/mol. The Hall–Kier alpha value is -1.50. The van der Waals surface area contributed by atoms with Crippen LogP contribution in [-0.4, -0.2) is 10.5 Å². The maximum atomic E-state index is 12.0. The van der Waals surface area contributed by atoms with E-state index in [4.69, 9.17) is 28.9 Å². The largest absolute Gasteiger partial charge is 0.397 e. The molecule has 1 heterocycles. The second-order valence-corrected chi connectivity index (χ2v) is 5.97. The molecular weight excluding hydrogens is 381 g/mol. The highest BCUT2D eigenvalue weighted by Crippen LogP contribution is 2.31. The van der Waals surface area contributed by atoms with Gasteiger partial charge >= 0.3 is 0 Å². The van der Waals surface area contributed by atoms with Crippen molar-refractivity contribution in [1.82, 2.24) is 4.57 Å². The number of nitrogens with zero attached hydrogens (tertiary/aromatic N) is 1. The molecule has 5 nitrogen and oxygen atoms in total. The summed E-state index contributed by atoms with van der Waals surface area (Å²) in [7, 11) is 0. The van der Waals surface area contributed by atoms with Gasteiger partial charge in [0.25, 0.3) is 5.56 Å². The number of nitrogens with two attached hydrogens (primary N) is 1. The first-order valence-corrected chi connectivity index (χ1v) is 7.32. The Morgan fingerprint density at radius 3 is 2.71 bits per heavy atom. The fourth-order valence-corrected chi connectivity index (χ4v) is 2.62. The van der Waals surface area contributed by atoms with Crippen LogP contribution in [0.5, 0.6) is 0 Å². The van der Waals surface area contributed by atoms with Crippen LogP contribution in [0.3, 0.4) is 0 Å². The van der Waals surface area contributed by atoms with Crippen molar-refractivity contribution in [2.45, 2.75) is 6.54 Å². The average Bonchev–Trinajstić information content (AvgIpc) is 2.38. The summed E-state index contributed by atoms with van der Waals surface area (Å²) < 4.78 is 1.96. The zero-order valence-corrected chi connectivity index (χ0v) is 13.7. The topological polar surface area (TPSA) is 77.1 Å². The van der Waals surface area contributed by atoms with Crippen LogP contribution in [-0.2, 0) is 11.3 Å². The van der Waals surface area contributed by atoms with Crippen LogP contribution in [0.1, 0.15) is 0 Å². The molecule has 1 aromatic heterocycles. The summed E-state index contributed by atoms with van der Waals surface area (Å²) in [4.78, 5) is 23.6. The number of amides is 1. The van der Waals surface area contributed by atoms with Crippen molar-refractivity contribution < 1.29 is 4.79 Å². The van der Waals surface area contributed by atoms with E-state index in [0.717, 1.165) is 0 Å². The van der Waals surface area contributed by atoms with E-state index >= 15 is 0 Å². The summed E-state index contributed by atoms with van der Waals surface area (Å²) >= 11 is 15.0. The summed E-state index contributed by atoms with van der Waals surface area (Å²) in [5.74, 6) is -0.425. The van der Waals surface area contributed by atoms with Gasteiger partial charge in [0, 0.05) is 21.8 Å². The van der Waals surface area contributed by atoms with E-state index in [2.05, 4.69) is 21.2 Å². The van der Waals surface area contributed by atoms with Gasteiger partial charge in [-0.25, -0.2) is 0 Å². The molecule has 8 heteroatoms. The first-order chi connectivity index (χ1) is 9.86. The number of hydrogen-bond acceptors (Lipinski definition) is 3. The van der Waals surface area contributed by atoms with Crippen LogP contribution in [0.4, 0.5) is 11.4 Å². The number of nitrogen functional groups attached to an aromatic ring is 1. The predicted octanol–water partition coefficient (Wildman–Crippen LogP) is 3.14. The van der Waals surface area contributed by atoms with Gasteiger partial charge in [-0.1, -0.05) is 23.2 Å². The molecule has 0 spiro atoms. The molecule has 0 fully saturated rings. The van der Waals surface area contributed by atoms with E-state index in [-0.39, 0.29) is 28.5 Å². The van der Waals surface area contributed by atoms with Gasteiger partial charge in [-0.3, -0.25) is 9.59 Å². The zero-order chi connectivity index (χ0) is 15.6. The first kappa shape index (κ1) is 15.9. The van der Waals surface area contributed by atoms with Crippen LogP contribution in [0.15, 0.2) is 39.7 Å². The lowest BCUT2D eigenvalue weighted by Gasteiger charge is -2.11. The van der Waals surface area contributed by atoms with Crippen molar-refractivity contribution in [3.8, 4) is 0 Å². The highest BCUT2D eigenvalue weighted by Gasteiger charge is 2.11. The van der Waals surface area contributed by atoms with Gasteiger partial charge in [-0.15, -0.1) is 0 Å². The number of carbonyl (C=O) groups excluding carboxylic acids is 1. The highest BCUT2D eigenvalue weighted by atomic mass is 79.9. The van der Waals surface area contributed by atoms with Crippen LogP contribution < -0.4 is 16.6 Å². The molecule has 110 valence electrons. The lowest BCUT2D eigenvalue weighted by atomic mass is 10.2. The highest BCUT2D eigenvalue weighted by molar-refractivity contribution is 9.10. The Balaban J connectivity index is 2.19. The summed E-state index contributed by atoms with van der Waals surface area (Å²) in [5.41, 5.74) is 5.99. The molecular formula is C13H10BrCl2N3O2. The lowest BCUT2D eigenvalue weighted by Crippen LogP contribution is -2.27. The maximum absolute atomic E-state index is 12.0. The second-order valence-electron chi connectivity index (χ2n) is 4.21. The minimum absolute atomic E-state index is 0.156. The summed E-state index contributed by atoms with van der Waals surface area (Å²) in [6.07, 6.45) is 1.52. The summed E-state index contributed by atoms with van der Waals surface area (Å²) in [5, 5.41) is 3.18. The third-order valence-corrected chi connectivity index (χ3v) is 3.60. The molecule has 0 bridgehead atoms. The van der Waals surface area contributed by atoms with E-state index in [0.29, 0.717) is 9.50 Å². The number of hydrogen-bond donors (Lipinski definition) is 2. The number of rotatable bonds is 3. The zero-order valence-electron chi connectivity index (χ0n) is 10.6. The van der Waals surface area contributed by atoms with Gasteiger partial charge in [0.05, 0.1) is 16.4 Å². The molecule has 2 rings (SSSR count). The van der Waals surface area contributed by atoms with Crippen LogP contribution >= 0.6 is 39.1 Å². The molecule has 1 aromatic carbocycles. The molecule has 0 unspecified atom stereocenters. The Labute approximate surface area is 138 Å². The number of pyridine rings is 1. The Bertz CT molecular complexity index is 738. The van der Waals surface area contributed by atoms with Crippen LogP contribution in [0.25, 0.3) is 0 Å². The van der Waals surface area contributed by atoms with E-state index in [1.807, 2.05) is 0 Å². The number of benzene rings is 1. The smallest absolute Gasteiger partial charge is 0.251 e. The molecule has 0 saturated heterocycles. The SMILES string of the molecule is Nc1cc(Cl)cc(Cl)c1NC(=O)Cn1cc(Br)ccc1=O. The van der Waals surface area contributed by atoms with E-state index in [1.54, 1.807) is 6.07 Å². The van der Waals surface area contributed by atoms with Crippen molar-refractivity contribution in [1.29, 1.82) is 0 Å². The molecule has 0 aliphatic carbocycles. The van der Waals surface area contributed by atoms with E-state index in [1.165, 1.54) is 29.0 Å². The van der Waals surface area contributed by atoms with Crippen molar-refractivity contribution in [3.63, 3.8) is 0 Å². The summed E-state index contributed by atoms with van der Waals surface area (Å²) in [6, 6.07) is 5.92. The fraction of sp³-hybridized carbons (Fsp3) is 0.0769. The molecule has 2 aromatic rings. The number of carbonyl (C=O) groups is 1. The monoisotopic (exact) mass is 389 g/mol. The van der Waals surface area contributed by atoms with Gasteiger partial charge in [-0.05, 0) is 34.1 Å². The maximum Gasteiger partial charge on any atom is 0.251 e. The van der Waals surface area contributed by atoms with Gasteiger partial charge in [0.15, 0.2) is 0 Å². The molecule has 1 amide bonds. The molecule has 21 heavy (non-hydrogen) atoms. The molecule has 3 N–H and O–H groups in total. The number of halogens is 3.